The Morgan fingerprint density at radius 2 is 2.31 bits per heavy atom. The summed E-state index contributed by atoms with van der Waals surface area (Å²) in [6.45, 7) is 4.16. The number of rotatable bonds is 11. The third-order valence-corrected chi connectivity index (χ3v) is 4.93. The summed E-state index contributed by atoms with van der Waals surface area (Å²) in [6.07, 6.45) is 12.6. The van der Waals surface area contributed by atoms with E-state index in [4.69, 9.17) is 15.7 Å². The van der Waals surface area contributed by atoms with Crippen LogP contribution in [-0.2, 0) is 16.0 Å². The Morgan fingerprint density at radius 1 is 1.50 bits per heavy atom. The summed E-state index contributed by atoms with van der Waals surface area (Å²) in [5.74, 6) is -0.857. The van der Waals surface area contributed by atoms with Crippen LogP contribution in [0.2, 0.25) is 0 Å². The zero-order valence-electron chi connectivity index (χ0n) is 18.0. The van der Waals surface area contributed by atoms with E-state index in [0.717, 1.165) is 35.8 Å². The van der Waals surface area contributed by atoms with Gasteiger partial charge in [-0.25, -0.2) is 4.39 Å². The van der Waals surface area contributed by atoms with Gasteiger partial charge in [0.15, 0.2) is 0 Å². The smallest absolute Gasteiger partial charge is 0.310 e. The molecule has 1 aliphatic rings. The number of allylic oxidation sites excluding steroid dienone is 5. The van der Waals surface area contributed by atoms with Crippen molar-refractivity contribution in [3.63, 3.8) is 0 Å². The summed E-state index contributed by atoms with van der Waals surface area (Å²) in [6, 6.07) is 3.47. The van der Waals surface area contributed by atoms with E-state index in [1.807, 2.05) is 24.3 Å². The van der Waals surface area contributed by atoms with Crippen molar-refractivity contribution in [3.8, 4) is 6.07 Å². The molecule has 1 unspecified atom stereocenters. The van der Waals surface area contributed by atoms with Gasteiger partial charge in [-0.3, -0.25) is 9.78 Å². The minimum absolute atomic E-state index is 0.0822. The van der Waals surface area contributed by atoms with Crippen LogP contribution in [-0.4, -0.2) is 35.3 Å². The molecular formula is C25H28FN3O3. The van der Waals surface area contributed by atoms with Crippen molar-refractivity contribution < 1.29 is 19.0 Å². The number of ether oxygens (including phenoxy) is 1. The van der Waals surface area contributed by atoms with E-state index in [9.17, 15) is 14.3 Å². The average molecular weight is 438 g/mol. The fourth-order valence-corrected chi connectivity index (χ4v) is 3.32. The lowest BCUT2D eigenvalue weighted by Crippen LogP contribution is -2.14. The normalized spacial score (nSPS) is 15.3. The number of esters is 1. The summed E-state index contributed by atoms with van der Waals surface area (Å²) >= 11 is 0. The van der Waals surface area contributed by atoms with Crippen LogP contribution in [0.3, 0.4) is 0 Å². The number of nitrogens with two attached hydrogens (primary N) is 1. The highest BCUT2D eigenvalue weighted by Crippen LogP contribution is 2.28. The summed E-state index contributed by atoms with van der Waals surface area (Å²) in [5.41, 5.74) is 9.28. The van der Waals surface area contributed by atoms with Gasteiger partial charge in [0, 0.05) is 19.2 Å². The molecule has 1 heterocycles. The minimum Gasteiger partial charge on any atom is -0.464 e. The predicted octanol–water partition coefficient (Wildman–Crippen LogP) is 3.62. The molecule has 7 heteroatoms. The Morgan fingerprint density at radius 3 is 3.00 bits per heavy atom. The molecule has 1 aliphatic carbocycles. The molecule has 0 fully saturated rings. The van der Waals surface area contributed by atoms with E-state index in [0.29, 0.717) is 11.1 Å². The van der Waals surface area contributed by atoms with Crippen molar-refractivity contribution in [2.45, 2.75) is 38.2 Å². The van der Waals surface area contributed by atoms with Gasteiger partial charge in [-0.15, -0.1) is 0 Å². The van der Waals surface area contributed by atoms with Crippen LogP contribution in [0, 0.1) is 17.1 Å². The number of nitriles is 1. The summed E-state index contributed by atoms with van der Waals surface area (Å²) < 4.78 is 19.0. The zero-order chi connectivity index (χ0) is 23.3. The molecule has 0 saturated carbocycles. The number of nitrogens with zero attached hydrogens (tertiary/aromatic N) is 2. The number of hydrogen-bond donors (Lipinski definition) is 2. The Labute approximate surface area is 187 Å². The van der Waals surface area contributed by atoms with Gasteiger partial charge in [0.05, 0.1) is 31.2 Å². The zero-order valence-corrected chi connectivity index (χ0v) is 18.0. The summed E-state index contributed by atoms with van der Waals surface area (Å²) in [4.78, 5) is 15.7. The summed E-state index contributed by atoms with van der Waals surface area (Å²) in [5, 5.41) is 19.2. The average Bonchev–Trinajstić information content (AvgIpc) is 2.78. The van der Waals surface area contributed by atoms with Crippen molar-refractivity contribution in [3.05, 3.63) is 89.1 Å². The quantitative estimate of drug-likeness (QED) is 0.311. The van der Waals surface area contributed by atoms with Crippen LogP contribution in [0.4, 0.5) is 4.39 Å². The van der Waals surface area contributed by atoms with Crippen LogP contribution in [0.25, 0.3) is 0 Å². The predicted molar refractivity (Wildman–Crippen MR) is 121 cm³/mol. The molecule has 168 valence electrons. The number of aliphatic hydroxyl groups is 1. The van der Waals surface area contributed by atoms with Crippen molar-refractivity contribution >= 4 is 5.97 Å². The minimum atomic E-state index is -0.958. The third-order valence-electron chi connectivity index (χ3n) is 4.93. The number of aliphatic hydroxyl groups excluding tert-OH is 1. The lowest BCUT2D eigenvalue weighted by atomic mass is 9.90. The van der Waals surface area contributed by atoms with E-state index in [2.05, 4.69) is 11.6 Å². The first-order valence-corrected chi connectivity index (χ1v) is 10.4. The lowest BCUT2D eigenvalue weighted by Gasteiger charge is -2.18. The van der Waals surface area contributed by atoms with Gasteiger partial charge < -0.3 is 15.6 Å². The molecule has 6 nitrogen and oxygen atoms in total. The van der Waals surface area contributed by atoms with E-state index in [-0.39, 0.29) is 38.4 Å². The van der Waals surface area contributed by atoms with E-state index in [1.54, 1.807) is 12.2 Å². The molecule has 0 saturated heterocycles. The third kappa shape index (κ3) is 7.73. The number of hydrogen-bond acceptors (Lipinski definition) is 6. The van der Waals surface area contributed by atoms with Crippen LogP contribution in [0.1, 0.15) is 31.2 Å². The highest BCUT2D eigenvalue weighted by Gasteiger charge is 2.16. The number of pyridine rings is 1. The van der Waals surface area contributed by atoms with Gasteiger partial charge in [0.1, 0.15) is 12.4 Å². The Kier molecular flexibility index (Phi) is 10.2. The van der Waals surface area contributed by atoms with Crippen LogP contribution in [0.5, 0.6) is 0 Å². The van der Waals surface area contributed by atoms with E-state index >= 15 is 0 Å². The van der Waals surface area contributed by atoms with Crippen molar-refractivity contribution in [1.29, 1.82) is 5.26 Å². The molecule has 1 aromatic heterocycles. The fraction of sp³-hybridized carbons (Fsp3) is 0.320. The van der Waals surface area contributed by atoms with Gasteiger partial charge in [-0.1, -0.05) is 30.9 Å². The van der Waals surface area contributed by atoms with Crippen molar-refractivity contribution in [2.75, 3.05) is 13.2 Å². The number of halogens is 1. The first-order valence-electron chi connectivity index (χ1n) is 10.4. The molecule has 0 bridgehead atoms. The Hall–Kier alpha value is -3.34. The van der Waals surface area contributed by atoms with Crippen LogP contribution in [0.15, 0.2) is 77.7 Å². The molecule has 32 heavy (non-hydrogen) atoms. The van der Waals surface area contributed by atoms with Crippen molar-refractivity contribution in [1.82, 2.24) is 4.98 Å². The first-order chi connectivity index (χ1) is 15.5. The molecule has 0 aromatic carbocycles. The highest BCUT2D eigenvalue weighted by atomic mass is 19.1. The Balaban J connectivity index is 2.18. The topological polar surface area (TPSA) is 109 Å². The number of carbonyl (C=O) groups is 1. The fourth-order valence-electron chi connectivity index (χ4n) is 3.32. The SMILES string of the molecule is C=C/C(=C\C(=C\CN)C1=CC(CC(=O)OCCC#N)=CCC1)C(O)Cc1ccncc1F. The maximum atomic E-state index is 13.9. The second-order valence-electron chi connectivity index (χ2n) is 7.22. The highest BCUT2D eigenvalue weighted by molar-refractivity contribution is 5.73. The van der Waals surface area contributed by atoms with Gasteiger partial charge in [0.25, 0.3) is 0 Å². The van der Waals surface area contributed by atoms with E-state index in [1.165, 1.54) is 12.3 Å². The molecule has 1 aromatic rings. The molecular weight excluding hydrogens is 409 g/mol. The maximum absolute atomic E-state index is 13.9. The molecule has 0 spiro atoms. The monoisotopic (exact) mass is 437 g/mol. The molecule has 1 atom stereocenters. The van der Waals surface area contributed by atoms with E-state index < -0.39 is 11.9 Å². The van der Waals surface area contributed by atoms with Crippen LogP contribution < -0.4 is 5.73 Å². The number of carbonyl (C=O) groups excluding carboxylic acids is 1. The standard InChI is InChI=1S/C25H28FN3O3/c1-2-19(24(30)16-22-8-11-29-17-23(22)26)15-21(7-10-28)20-6-3-5-18(13-20)14-25(31)32-12-4-9-27/h2,5,7-8,11,13,15,17,24,30H,1,3-4,6,10,12,14,16,28H2/b19-15+,21-7-. The van der Waals surface area contributed by atoms with Gasteiger partial charge in [-0.2, -0.15) is 5.26 Å². The Bertz CT molecular complexity index is 986. The first kappa shape index (κ1) is 24.9. The van der Waals surface area contributed by atoms with Crippen LogP contribution >= 0.6 is 0 Å². The number of aromatic nitrogens is 1. The van der Waals surface area contributed by atoms with Gasteiger partial charge in [-0.05, 0) is 52.8 Å². The molecule has 0 amide bonds. The molecule has 0 radical (unpaired) electrons. The lowest BCUT2D eigenvalue weighted by molar-refractivity contribution is -0.142. The summed E-state index contributed by atoms with van der Waals surface area (Å²) in [7, 11) is 0. The second kappa shape index (κ2) is 13.2. The van der Waals surface area contributed by atoms with Gasteiger partial charge in [0.2, 0.25) is 0 Å². The van der Waals surface area contributed by atoms with Gasteiger partial charge >= 0.3 is 5.97 Å². The largest absolute Gasteiger partial charge is 0.464 e. The molecule has 0 aliphatic heterocycles. The van der Waals surface area contributed by atoms with Crippen molar-refractivity contribution in [2.24, 2.45) is 5.73 Å². The second-order valence-corrected chi connectivity index (χ2v) is 7.22. The molecule has 2 rings (SSSR count). The maximum Gasteiger partial charge on any atom is 0.310 e. The molecule has 3 N–H and O–H groups in total.